The number of nitrogens with zero attached hydrogens (tertiary/aromatic N) is 3. The number of rotatable bonds is 5. The van der Waals surface area contributed by atoms with Crippen molar-refractivity contribution in [2.24, 2.45) is 5.92 Å². The van der Waals surface area contributed by atoms with E-state index in [0.717, 1.165) is 5.69 Å². The van der Waals surface area contributed by atoms with Crippen LogP contribution in [0.15, 0.2) is 0 Å². The summed E-state index contributed by atoms with van der Waals surface area (Å²) in [5, 5.41) is 15.7. The Bertz CT molecular complexity index is 459. The second kappa shape index (κ2) is 6.03. The number of hydrogen-bond acceptors (Lipinski definition) is 3. The highest BCUT2D eigenvalue weighted by atomic mass is 79.9. The van der Waals surface area contributed by atoms with Crippen LogP contribution in [0.5, 0.6) is 0 Å². The molecule has 0 aliphatic rings. The third kappa shape index (κ3) is 3.16. The Morgan fingerprint density at radius 1 is 1.26 bits per heavy atom. The van der Waals surface area contributed by atoms with Gasteiger partial charge in [0.05, 0.1) is 4.92 Å². The summed E-state index contributed by atoms with van der Waals surface area (Å²) in [4.78, 5) is 11.2. The highest BCUT2D eigenvalue weighted by molar-refractivity contribution is 9.09. The lowest BCUT2D eigenvalue weighted by atomic mass is 9.88. The van der Waals surface area contributed by atoms with Gasteiger partial charge in [0.15, 0.2) is 0 Å². The van der Waals surface area contributed by atoms with Gasteiger partial charge in [-0.1, -0.05) is 36.7 Å². The standard InChI is InChI=1S/C13H22BrN3O2/c1-7(2)11(9(5)14)13-12(17(18)19)10(6)15-16(13)8(3)4/h7-9,11H,1-6H3. The molecule has 1 aromatic heterocycles. The highest BCUT2D eigenvalue weighted by Crippen LogP contribution is 2.39. The van der Waals surface area contributed by atoms with Gasteiger partial charge in [-0.3, -0.25) is 14.8 Å². The fourth-order valence-corrected chi connectivity index (χ4v) is 3.41. The molecule has 5 nitrogen and oxygen atoms in total. The maximum absolute atomic E-state index is 11.4. The van der Waals surface area contributed by atoms with Crippen LogP contribution in [0.2, 0.25) is 0 Å². The lowest BCUT2D eigenvalue weighted by molar-refractivity contribution is -0.386. The minimum atomic E-state index is -0.304. The molecule has 0 bridgehead atoms. The van der Waals surface area contributed by atoms with Gasteiger partial charge in [-0.2, -0.15) is 5.10 Å². The normalized spacial score (nSPS) is 15.0. The van der Waals surface area contributed by atoms with Crippen LogP contribution in [0.4, 0.5) is 5.69 Å². The van der Waals surface area contributed by atoms with Crippen LogP contribution in [-0.2, 0) is 0 Å². The lowest BCUT2D eigenvalue weighted by Gasteiger charge is -2.25. The molecule has 0 saturated carbocycles. The number of aryl methyl sites for hydroxylation is 1. The fourth-order valence-electron chi connectivity index (χ4n) is 2.55. The molecule has 19 heavy (non-hydrogen) atoms. The number of nitro groups is 1. The Hall–Kier alpha value is -0.910. The summed E-state index contributed by atoms with van der Waals surface area (Å²) < 4.78 is 1.80. The highest BCUT2D eigenvalue weighted by Gasteiger charge is 2.35. The summed E-state index contributed by atoms with van der Waals surface area (Å²) in [7, 11) is 0. The largest absolute Gasteiger partial charge is 0.313 e. The molecule has 0 fully saturated rings. The Balaban J connectivity index is 3.56. The van der Waals surface area contributed by atoms with Crippen molar-refractivity contribution in [2.45, 2.75) is 58.3 Å². The van der Waals surface area contributed by atoms with Crippen LogP contribution >= 0.6 is 15.9 Å². The summed E-state index contributed by atoms with van der Waals surface area (Å²) in [5.41, 5.74) is 1.39. The number of hydrogen-bond donors (Lipinski definition) is 0. The van der Waals surface area contributed by atoms with E-state index in [1.165, 1.54) is 0 Å². The smallest absolute Gasteiger partial charge is 0.259 e. The van der Waals surface area contributed by atoms with Crippen LogP contribution in [0.3, 0.4) is 0 Å². The van der Waals surface area contributed by atoms with Crippen molar-refractivity contribution in [1.82, 2.24) is 9.78 Å². The molecular formula is C13H22BrN3O2. The summed E-state index contributed by atoms with van der Waals surface area (Å²) in [6, 6.07) is 0.106. The van der Waals surface area contributed by atoms with Gasteiger partial charge >= 0.3 is 5.69 Å². The Morgan fingerprint density at radius 2 is 1.79 bits per heavy atom. The number of halogens is 1. The maximum atomic E-state index is 11.4. The lowest BCUT2D eigenvalue weighted by Crippen LogP contribution is -2.22. The van der Waals surface area contributed by atoms with Crippen molar-refractivity contribution in [3.05, 3.63) is 21.5 Å². The topological polar surface area (TPSA) is 61.0 Å². The first-order chi connectivity index (χ1) is 8.68. The average molecular weight is 332 g/mol. The molecule has 0 aliphatic carbocycles. The first-order valence-electron chi connectivity index (χ1n) is 6.55. The molecule has 0 aliphatic heterocycles. The molecule has 0 saturated heterocycles. The van der Waals surface area contributed by atoms with Crippen LogP contribution in [0.25, 0.3) is 0 Å². The van der Waals surface area contributed by atoms with Gasteiger partial charge < -0.3 is 0 Å². The van der Waals surface area contributed by atoms with E-state index < -0.39 is 0 Å². The van der Waals surface area contributed by atoms with Crippen molar-refractivity contribution in [3.8, 4) is 0 Å². The fraction of sp³-hybridized carbons (Fsp3) is 0.769. The van der Waals surface area contributed by atoms with Crippen molar-refractivity contribution in [1.29, 1.82) is 0 Å². The first kappa shape index (κ1) is 16.1. The summed E-state index contributed by atoms with van der Waals surface area (Å²) in [5.74, 6) is 0.352. The van der Waals surface area contributed by atoms with Gasteiger partial charge in [-0.05, 0) is 26.7 Å². The van der Waals surface area contributed by atoms with Crippen molar-refractivity contribution in [2.75, 3.05) is 0 Å². The number of aromatic nitrogens is 2. The quantitative estimate of drug-likeness (QED) is 0.461. The molecule has 0 spiro atoms. The van der Waals surface area contributed by atoms with Crippen LogP contribution in [0.1, 0.15) is 58.0 Å². The van der Waals surface area contributed by atoms with E-state index >= 15 is 0 Å². The van der Waals surface area contributed by atoms with Gasteiger partial charge in [-0.25, -0.2) is 0 Å². The minimum absolute atomic E-state index is 0.0593. The summed E-state index contributed by atoms with van der Waals surface area (Å²) in [6.45, 7) is 11.9. The van der Waals surface area contributed by atoms with Gasteiger partial charge in [0.2, 0.25) is 0 Å². The molecule has 0 aromatic carbocycles. The SMILES string of the molecule is Cc1nn(C(C)C)c(C(C(C)C)C(C)Br)c1[N+](=O)[O-]. The average Bonchev–Trinajstić information content (AvgIpc) is 2.54. The van der Waals surface area contributed by atoms with E-state index in [2.05, 4.69) is 34.9 Å². The zero-order valence-corrected chi connectivity index (χ0v) is 13.9. The molecule has 2 unspecified atom stereocenters. The molecule has 0 radical (unpaired) electrons. The molecular weight excluding hydrogens is 310 g/mol. The van der Waals surface area contributed by atoms with Gasteiger partial charge in [-0.15, -0.1) is 0 Å². The van der Waals surface area contributed by atoms with E-state index in [1.807, 2.05) is 20.8 Å². The van der Waals surface area contributed by atoms with E-state index in [0.29, 0.717) is 11.6 Å². The van der Waals surface area contributed by atoms with Gasteiger partial charge in [0, 0.05) is 16.8 Å². The van der Waals surface area contributed by atoms with Crippen molar-refractivity contribution >= 4 is 21.6 Å². The third-order valence-corrected chi connectivity index (χ3v) is 3.86. The maximum Gasteiger partial charge on any atom is 0.313 e. The predicted molar refractivity (Wildman–Crippen MR) is 80.0 cm³/mol. The van der Waals surface area contributed by atoms with E-state index in [4.69, 9.17) is 0 Å². The molecule has 1 heterocycles. The second-order valence-electron chi connectivity index (χ2n) is 5.56. The molecule has 1 aromatic rings. The van der Waals surface area contributed by atoms with Crippen LogP contribution in [0, 0.1) is 23.0 Å². The van der Waals surface area contributed by atoms with Gasteiger partial charge in [0.25, 0.3) is 0 Å². The Kier molecular flexibility index (Phi) is 5.12. The molecule has 6 heteroatoms. The molecule has 0 amide bonds. The summed E-state index contributed by atoms with van der Waals surface area (Å²) >= 11 is 3.59. The second-order valence-corrected chi connectivity index (χ2v) is 7.01. The molecule has 108 valence electrons. The minimum Gasteiger partial charge on any atom is -0.259 e. The van der Waals surface area contributed by atoms with Crippen LogP contribution in [-0.4, -0.2) is 19.5 Å². The molecule has 2 atom stereocenters. The Labute approximate surface area is 122 Å². The monoisotopic (exact) mass is 331 g/mol. The zero-order valence-electron chi connectivity index (χ0n) is 12.3. The van der Waals surface area contributed by atoms with E-state index in [-0.39, 0.29) is 27.4 Å². The summed E-state index contributed by atoms with van der Waals surface area (Å²) in [6.07, 6.45) is 0. The molecule has 0 N–H and O–H groups in total. The zero-order chi connectivity index (χ0) is 14.9. The number of alkyl halides is 1. The van der Waals surface area contributed by atoms with E-state index in [9.17, 15) is 10.1 Å². The van der Waals surface area contributed by atoms with Crippen molar-refractivity contribution < 1.29 is 4.92 Å². The van der Waals surface area contributed by atoms with Crippen LogP contribution < -0.4 is 0 Å². The van der Waals surface area contributed by atoms with E-state index in [1.54, 1.807) is 11.6 Å². The molecule has 1 rings (SSSR count). The third-order valence-electron chi connectivity index (χ3n) is 3.29. The Morgan fingerprint density at radius 3 is 2.11 bits per heavy atom. The van der Waals surface area contributed by atoms with Crippen molar-refractivity contribution in [3.63, 3.8) is 0 Å². The predicted octanol–water partition coefficient (Wildman–Crippen LogP) is 4.20. The van der Waals surface area contributed by atoms with Gasteiger partial charge in [0.1, 0.15) is 11.4 Å². The first-order valence-corrected chi connectivity index (χ1v) is 7.47.